The van der Waals surface area contributed by atoms with E-state index in [1.54, 1.807) is 0 Å². The highest BCUT2D eigenvalue weighted by Crippen LogP contribution is 2.26. The van der Waals surface area contributed by atoms with Gasteiger partial charge in [0, 0.05) is 23.6 Å². The van der Waals surface area contributed by atoms with Gasteiger partial charge in [0.15, 0.2) is 0 Å². The summed E-state index contributed by atoms with van der Waals surface area (Å²) in [6, 6.07) is 4.26. The van der Waals surface area contributed by atoms with Crippen molar-refractivity contribution in [3.63, 3.8) is 0 Å². The van der Waals surface area contributed by atoms with Gasteiger partial charge in [0.1, 0.15) is 0 Å². The van der Waals surface area contributed by atoms with Gasteiger partial charge in [-0.15, -0.1) is 0 Å². The van der Waals surface area contributed by atoms with Crippen molar-refractivity contribution in [3.05, 3.63) is 28.2 Å². The minimum absolute atomic E-state index is 0.0836. The van der Waals surface area contributed by atoms with Gasteiger partial charge in [-0.3, -0.25) is 0 Å². The molecule has 7 heteroatoms. The molecule has 2 N–H and O–H groups in total. The van der Waals surface area contributed by atoms with Crippen molar-refractivity contribution in [1.29, 1.82) is 0 Å². The van der Waals surface area contributed by atoms with E-state index in [9.17, 15) is 8.42 Å². The van der Waals surface area contributed by atoms with E-state index in [4.69, 9.17) is 28.9 Å². The summed E-state index contributed by atoms with van der Waals surface area (Å²) in [5.74, 6) is 0. The topological polar surface area (TPSA) is 63.4 Å². The minimum Gasteiger partial charge on any atom is -0.330 e. The maximum atomic E-state index is 12.4. The van der Waals surface area contributed by atoms with E-state index in [0.29, 0.717) is 13.1 Å². The third-order valence-corrected chi connectivity index (χ3v) is 4.97. The smallest absolute Gasteiger partial charge is 0.242 e. The summed E-state index contributed by atoms with van der Waals surface area (Å²) < 4.78 is 26.1. The van der Waals surface area contributed by atoms with Gasteiger partial charge >= 0.3 is 0 Å². The quantitative estimate of drug-likeness (QED) is 0.905. The van der Waals surface area contributed by atoms with Crippen LogP contribution in [0.3, 0.4) is 0 Å². The molecule has 0 fully saturated rings. The molecule has 0 aliphatic heterocycles. The normalized spacial score (nSPS) is 13.0. The van der Waals surface area contributed by atoms with Crippen LogP contribution >= 0.6 is 23.2 Å². The Morgan fingerprint density at radius 2 is 1.68 bits per heavy atom. The molecule has 0 amide bonds. The van der Waals surface area contributed by atoms with E-state index >= 15 is 0 Å². The maximum absolute atomic E-state index is 12.4. The molecular weight excluding hydrogens is 307 g/mol. The summed E-state index contributed by atoms with van der Waals surface area (Å²) in [7, 11) is -2.10. The van der Waals surface area contributed by atoms with Crippen LogP contribution in [-0.2, 0) is 10.0 Å². The molecular formula is C12H18Cl2N2O2S. The lowest BCUT2D eigenvalue weighted by molar-refractivity contribution is 0.292. The predicted molar refractivity (Wildman–Crippen MR) is 79.1 cm³/mol. The first kappa shape index (κ1) is 16.7. The molecule has 0 aliphatic rings. The Morgan fingerprint density at radius 1 is 1.21 bits per heavy atom. The fourth-order valence-corrected chi connectivity index (χ4v) is 3.70. The van der Waals surface area contributed by atoms with Crippen molar-refractivity contribution in [2.45, 2.75) is 18.7 Å². The second kappa shape index (κ2) is 5.97. The minimum atomic E-state index is -3.62. The number of sulfonamides is 1. The lowest BCUT2D eigenvalue weighted by Gasteiger charge is -2.28. The van der Waals surface area contributed by atoms with Crippen molar-refractivity contribution >= 4 is 33.2 Å². The van der Waals surface area contributed by atoms with Gasteiger partial charge in [-0.1, -0.05) is 37.0 Å². The van der Waals surface area contributed by atoms with Crippen LogP contribution in [0.1, 0.15) is 13.8 Å². The number of nitrogens with two attached hydrogens (primary N) is 1. The zero-order chi connectivity index (χ0) is 14.8. The summed E-state index contributed by atoms with van der Waals surface area (Å²) in [5, 5.41) is 0.579. The van der Waals surface area contributed by atoms with Crippen LogP contribution in [0.15, 0.2) is 23.1 Å². The largest absolute Gasteiger partial charge is 0.330 e. The highest BCUT2D eigenvalue weighted by molar-refractivity contribution is 7.89. The molecule has 1 aromatic carbocycles. The molecule has 4 nitrogen and oxygen atoms in total. The van der Waals surface area contributed by atoms with Crippen molar-refractivity contribution in [2.24, 2.45) is 11.1 Å². The molecule has 1 rings (SSSR count). The third kappa shape index (κ3) is 4.33. The van der Waals surface area contributed by atoms with Crippen molar-refractivity contribution in [2.75, 3.05) is 20.1 Å². The summed E-state index contributed by atoms with van der Waals surface area (Å²) in [6.07, 6.45) is 0. The average Bonchev–Trinajstić information content (AvgIpc) is 2.27. The van der Waals surface area contributed by atoms with E-state index in [0.717, 1.165) is 0 Å². The Balaban J connectivity index is 3.10. The molecule has 0 saturated carbocycles. The molecule has 0 heterocycles. The van der Waals surface area contributed by atoms with E-state index in [1.807, 2.05) is 13.8 Å². The van der Waals surface area contributed by atoms with Crippen LogP contribution in [0.2, 0.25) is 10.0 Å². The molecule has 0 spiro atoms. The van der Waals surface area contributed by atoms with E-state index < -0.39 is 10.0 Å². The monoisotopic (exact) mass is 324 g/mol. The molecule has 0 bridgehead atoms. The maximum Gasteiger partial charge on any atom is 0.242 e. The molecule has 1 aromatic rings. The standard InChI is InChI=1S/C12H18Cl2N2O2S/c1-12(2,7-15)8-16(3)19(17,18)11-5-9(13)4-10(14)6-11/h4-6H,7-8,15H2,1-3H3. The highest BCUT2D eigenvalue weighted by atomic mass is 35.5. The first-order valence-electron chi connectivity index (χ1n) is 5.71. The SMILES string of the molecule is CN(CC(C)(C)CN)S(=O)(=O)c1cc(Cl)cc(Cl)c1. The van der Waals surface area contributed by atoms with Crippen LogP contribution in [-0.4, -0.2) is 32.9 Å². The molecule has 0 unspecified atom stereocenters. The van der Waals surface area contributed by atoms with E-state index in [2.05, 4.69) is 0 Å². The number of benzene rings is 1. The fraction of sp³-hybridized carbons (Fsp3) is 0.500. The molecule has 108 valence electrons. The van der Waals surface area contributed by atoms with E-state index in [1.165, 1.54) is 29.6 Å². The Hall–Kier alpha value is -0.330. The van der Waals surface area contributed by atoms with Gasteiger partial charge in [-0.25, -0.2) is 12.7 Å². The highest BCUT2D eigenvalue weighted by Gasteiger charge is 2.27. The lowest BCUT2D eigenvalue weighted by Crippen LogP contribution is -2.39. The number of hydrogen-bond donors (Lipinski definition) is 1. The third-order valence-electron chi connectivity index (χ3n) is 2.75. The Bertz CT molecular complexity index is 539. The predicted octanol–water partition coefficient (Wildman–Crippen LogP) is 2.60. The second-order valence-electron chi connectivity index (χ2n) is 5.23. The first-order valence-corrected chi connectivity index (χ1v) is 7.90. The molecule has 0 atom stereocenters. The Labute approximate surface area is 124 Å². The van der Waals surface area contributed by atoms with Crippen molar-refractivity contribution in [3.8, 4) is 0 Å². The first-order chi connectivity index (χ1) is 8.58. The van der Waals surface area contributed by atoms with Crippen molar-refractivity contribution in [1.82, 2.24) is 4.31 Å². The van der Waals surface area contributed by atoms with Gasteiger partial charge in [0.05, 0.1) is 4.90 Å². The summed E-state index contributed by atoms with van der Waals surface area (Å²) in [4.78, 5) is 0.0836. The second-order valence-corrected chi connectivity index (χ2v) is 8.15. The van der Waals surface area contributed by atoms with Gasteiger partial charge in [0.25, 0.3) is 0 Å². The molecule has 0 saturated heterocycles. The zero-order valence-electron chi connectivity index (χ0n) is 11.2. The zero-order valence-corrected chi connectivity index (χ0v) is 13.5. The van der Waals surface area contributed by atoms with Gasteiger partial charge in [0.2, 0.25) is 10.0 Å². The molecule has 19 heavy (non-hydrogen) atoms. The number of halogens is 2. The van der Waals surface area contributed by atoms with Gasteiger partial charge < -0.3 is 5.73 Å². The van der Waals surface area contributed by atoms with Gasteiger partial charge in [-0.2, -0.15) is 0 Å². The number of rotatable bonds is 5. The summed E-state index contributed by atoms with van der Waals surface area (Å²) in [6.45, 7) is 4.52. The van der Waals surface area contributed by atoms with Crippen LogP contribution in [0.5, 0.6) is 0 Å². The summed E-state index contributed by atoms with van der Waals surface area (Å²) in [5.41, 5.74) is 5.32. The van der Waals surface area contributed by atoms with Crippen LogP contribution < -0.4 is 5.73 Å². The summed E-state index contributed by atoms with van der Waals surface area (Å²) >= 11 is 11.7. The number of nitrogens with zero attached hydrogens (tertiary/aromatic N) is 1. The fourth-order valence-electron chi connectivity index (χ4n) is 1.61. The Kier molecular flexibility index (Phi) is 5.26. The van der Waals surface area contributed by atoms with Crippen LogP contribution in [0, 0.1) is 5.41 Å². The molecule has 0 aromatic heterocycles. The van der Waals surface area contributed by atoms with Crippen molar-refractivity contribution < 1.29 is 8.42 Å². The molecule has 0 radical (unpaired) electrons. The Morgan fingerprint density at radius 3 is 2.11 bits per heavy atom. The van der Waals surface area contributed by atoms with Crippen LogP contribution in [0.25, 0.3) is 0 Å². The molecule has 0 aliphatic carbocycles. The van der Waals surface area contributed by atoms with E-state index in [-0.39, 0.29) is 20.4 Å². The lowest BCUT2D eigenvalue weighted by atomic mass is 9.94. The number of hydrogen-bond acceptors (Lipinski definition) is 3. The van der Waals surface area contributed by atoms with Crippen LogP contribution in [0.4, 0.5) is 0 Å². The average molecular weight is 325 g/mol. The van der Waals surface area contributed by atoms with Gasteiger partial charge in [-0.05, 0) is 30.2 Å².